The minimum Gasteiger partial charge on any atom is -0.436 e. The Morgan fingerprint density at radius 2 is 1.74 bits per heavy atom. The highest BCUT2D eigenvalue weighted by Gasteiger charge is 2.48. The van der Waals surface area contributed by atoms with Crippen molar-refractivity contribution in [1.29, 1.82) is 0 Å². The molecule has 5 rings (SSSR count). The molecular weight excluding hydrogens is 428 g/mol. The number of urea groups is 1. The lowest BCUT2D eigenvalue weighted by atomic mass is 9.67. The number of benzene rings is 1. The van der Waals surface area contributed by atoms with Gasteiger partial charge >= 0.3 is 12.1 Å². The Labute approximate surface area is 204 Å². The number of rotatable bonds is 2. The second kappa shape index (κ2) is 9.14. The van der Waals surface area contributed by atoms with E-state index in [4.69, 9.17) is 11.2 Å². The zero-order valence-electron chi connectivity index (χ0n) is 20.4. The van der Waals surface area contributed by atoms with Crippen LogP contribution in [0.3, 0.4) is 0 Å². The summed E-state index contributed by atoms with van der Waals surface area (Å²) in [6.45, 7) is 2.96. The maximum absolute atomic E-state index is 12.8. The first-order valence-corrected chi connectivity index (χ1v) is 12.6. The van der Waals surface area contributed by atoms with E-state index < -0.39 is 0 Å². The van der Waals surface area contributed by atoms with Gasteiger partial charge in [-0.25, -0.2) is 9.59 Å². The van der Waals surface area contributed by atoms with E-state index in [1.165, 1.54) is 5.56 Å². The largest absolute Gasteiger partial charge is 0.436 e. The molecule has 0 aliphatic carbocycles. The summed E-state index contributed by atoms with van der Waals surface area (Å²) in [4.78, 5) is 33.5. The molecule has 184 valence electrons. The summed E-state index contributed by atoms with van der Waals surface area (Å²) in [5, 5.41) is 0. The third-order valence-electron chi connectivity index (χ3n) is 8.66. The molecule has 2 bridgehead atoms. The summed E-state index contributed by atoms with van der Waals surface area (Å²) < 4.78 is 5.25. The van der Waals surface area contributed by atoms with Crippen molar-refractivity contribution in [1.82, 2.24) is 14.7 Å². The highest BCUT2D eigenvalue weighted by molar-refractivity contribution is 5.93. The van der Waals surface area contributed by atoms with Crippen LogP contribution in [0.25, 0.3) is 0 Å². The Kier molecular flexibility index (Phi) is 6.20. The predicted octanol–water partition coefficient (Wildman–Crippen LogP) is 3.92. The third-order valence-corrected chi connectivity index (χ3v) is 8.66. The molecule has 1 spiro atoms. The molecule has 2 atom stereocenters. The lowest BCUT2D eigenvalue weighted by Crippen LogP contribution is -2.56. The van der Waals surface area contributed by atoms with Crippen LogP contribution in [0.4, 0.5) is 15.3 Å². The highest BCUT2D eigenvalue weighted by Crippen LogP contribution is 2.48. The summed E-state index contributed by atoms with van der Waals surface area (Å²) >= 11 is 0. The van der Waals surface area contributed by atoms with Crippen molar-refractivity contribution in [3.05, 3.63) is 29.8 Å². The number of ether oxygens (including phenoxy) is 1. The number of fused-ring (bicyclic) bond motifs is 4. The van der Waals surface area contributed by atoms with Gasteiger partial charge in [-0.05, 0) is 69.7 Å². The zero-order chi connectivity index (χ0) is 23.9. The lowest BCUT2D eigenvalue weighted by molar-refractivity contribution is 0.0278. The van der Waals surface area contributed by atoms with Gasteiger partial charge in [-0.2, -0.15) is 0 Å². The molecule has 7 heteroatoms. The van der Waals surface area contributed by atoms with Crippen molar-refractivity contribution >= 4 is 17.8 Å². The molecule has 0 saturated carbocycles. The Morgan fingerprint density at radius 3 is 2.38 bits per heavy atom. The molecular formula is C27H38N4O3. The summed E-state index contributed by atoms with van der Waals surface area (Å²) in [7, 11) is 3.64. The second-order valence-electron chi connectivity index (χ2n) is 10.6. The highest BCUT2D eigenvalue weighted by atomic mass is 16.6. The van der Waals surface area contributed by atoms with Gasteiger partial charge in [-0.3, -0.25) is 4.90 Å². The number of hydrogen-bond acceptors (Lipinski definition) is 4. The van der Waals surface area contributed by atoms with E-state index >= 15 is 0 Å². The van der Waals surface area contributed by atoms with Crippen LogP contribution in [-0.2, 0) is 10.2 Å². The zero-order valence-corrected chi connectivity index (χ0v) is 20.4. The monoisotopic (exact) mass is 466 g/mol. The van der Waals surface area contributed by atoms with E-state index in [9.17, 15) is 9.59 Å². The number of terminal acetylenes is 1. The summed E-state index contributed by atoms with van der Waals surface area (Å²) in [5.74, 6) is 2.40. The van der Waals surface area contributed by atoms with E-state index in [0.717, 1.165) is 70.3 Å². The number of piperidine rings is 2. The molecule has 0 aromatic heterocycles. The first-order valence-electron chi connectivity index (χ1n) is 12.6. The van der Waals surface area contributed by atoms with Crippen LogP contribution in [0.1, 0.15) is 51.9 Å². The minimum atomic E-state index is -0.239. The Hall–Kier alpha value is -2.72. The van der Waals surface area contributed by atoms with Crippen molar-refractivity contribution in [2.24, 2.45) is 0 Å². The fraction of sp³-hybridized carbons (Fsp3) is 0.630. The minimum absolute atomic E-state index is 0. The molecule has 4 aliphatic rings. The van der Waals surface area contributed by atoms with Crippen molar-refractivity contribution in [2.75, 3.05) is 45.2 Å². The fourth-order valence-electron chi connectivity index (χ4n) is 6.94. The van der Waals surface area contributed by atoms with Crippen molar-refractivity contribution in [3.8, 4) is 12.3 Å². The van der Waals surface area contributed by atoms with Crippen LogP contribution in [0.2, 0.25) is 0 Å². The van der Waals surface area contributed by atoms with E-state index in [0.29, 0.717) is 6.04 Å². The van der Waals surface area contributed by atoms with Gasteiger partial charge in [-0.1, -0.05) is 24.1 Å². The van der Waals surface area contributed by atoms with Crippen LogP contribution in [0.15, 0.2) is 24.3 Å². The number of anilines is 1. The van der Waals surface area contributed by atoms with Crippen LogP contribution in [-0.4, -0.2) is 85.3 Å². The van der Waals surface area contributed by atoms with Crippen LogP contribution < -0.4 is 4.90 Å². The molecule has 3 amide bonds. The van der Waals surface area contributed by atoms with E-state index in [1.807, 2.05) is 30.0 Å². The van der Waals surface area contributed by atoms with E-state index in [2.05, 4.69) is 29.0 Å². The Balaban J connectivity index is 0.00000289. The van der Waals surface area contributed by atoms with Crippen molar-refractivity contribution in [2.45, 2.75) is 68.5 Å². The average Bonchev–Trinajstić information content (AvgIpc) is 3.12. The van der Waals surface area contributed by atoms with Gasteiger partial charge in [0.25, 0.3) is 0 Å². The fourth-order valence-corrected chi connectivity index (χ4v) is 6.94. The number of amides is 3. The van der Waals surface area contributed by atoms with Crippen molar-refractivity contribution in [3.63, 3.8) is 0 Å². The van der Waals surface area contributed by atoms with Gasteiger partial charge in [-0.15, -0.1) is 6.42 Å². The summed E-state index contributed by atoms with van der Waals surface area (Å²) in [6, 6.07) is 9.62. The Bertz CT molecular complexity index is 971. The molecule has 34 heavy (non-hydrogen) atoms. The Morgan fingerprint density at radius 1 is 1.09 bits per heavy atom. The molecule has 4 heterocycles. The molecule has 1 aromatic carbocycles. The maximum Gasteiger partial charge on any atom is 0.411 e. The topological polar surface area (TPSA) is 56.3 Å². The normalized spacial score (nSPS) is 27.7. The van der Waals surface area contributed by atoms with E-state index in [-0.39, 0.29) is 37.7 Å². The number of carbonyl (C=O) groups excluding carboxylic acids is 2. The lowest BCUT2D eigenvalue weighted by Gasteiger charge is -2.51. The maximum atomic E-state index is 12.8. The molecule has 2 unspecified atom stereocenters. The van der Waals surface area contributed by atoms with Gasteiger partial charge in [0.15, 0.2) is 6.61 Å². The number of para-hydroxylation sites is 1. The predicted molar refractivity (Wildman–Crippen MR) is 134 cm³/mol. The van der Waals surface area contributed by atoms with Gasteiger partial charge < -0.3 is 19.4 Å². The molecule has 1 aromatic rings. The SMILES string of the molecule is C#CCOC(=O)N1C2CCC1CC(N1CCC3(CCN(C(=O)N(C)C)c4ccccc43)CC1)C2.[HH]. The molecule has 0 radical (unpaired) electrons. The van der Waals surface area contributed by atoms with Gasteiger partial charge in [0, 0.05) is 51.3 Å². The molecule has 4 aliphatic heterocycles. The average molecular weight is 467 g/mol. The molecule has 0 N–H and O–H groups in total. The quantitative estimate of drug-likeness (QED) is 0.620. The van der Waals surface area contributed by atoms with Gasteiger partial charge in [0.1, 0.15) is 0 Å². The first-order chi connectivity index (χ1) is 16.4. The number of nitrogens with zero attached hydrogens (tertiary/aromatic N) is 4. The molecule has 3 saturated heterocycles. The second-order valence-corrected chi connectivity index (χ2v) is 10.6. The van der Waals surface area contributed by atoms with Crippen LogP contribution in [0, 0.1) is 12.3 Å². The number of carbonyl (C=O) groups is 2. The van der Waals surface area contributed by atoms with E-state index in [1.54, 1.807) is 4.90 Å². The smallest absolute Gasteiger partial charge is 0.411 e. The van der Waals surface area contributed by atoms with Gasteiger partial charge in [0.05, 0.1) is 0 Å². The van der Waals surface area contributed by atoms with Crippen molar-refractivity contribution < 1.29 is 15.8 Å². The first kappa shape index (κ1) is 23.0. The number of likely N-dealkylation sites (tertiary alicyclic amines) is 1. The van der Waals surface area contributed by atoms with Crippen LogP contribution >= 0.6 is 0 Å². The molecule has 7 nitrogen and oxygen atoms in total. The summed E-state index contributed by atoms with van der Waals surface area (Å²) in [5.41, 5.74) is 2.56. The van der Waals surface area contributed by atoms with Crippen LogP contribution in [0.5, 0.6) is 0 Å². The number of hydrogen-bond donors (Lipinski definition) is 0. The van der Waals surface area contributed by atoms with Gasteiger partial charge in [0.2, 0.25) is 0 Å². The molecule has 3 fully saturated rings. The summed E-state index contributed by atoms with van der Waals surface area (Å²) in [6.07, 6.45) is 12.5. The third kappa shape index (κ3) is 3.92. The standard InChI is InChI=1S/C27H36N4O3.H2/c1-4-17-34-26(33)31-20-9-10-21(31)19-22(18-20)29-14-11-27(12-15-29)13-16-30(25(32)28(2)3)24-8-6-5-7-23(24)27;/h1,5-8,20-22H,9-19H2,2-3H3;1H.